The van der Waals surface area contributed by atoms with E-state index in [1.165, 1.54) is 7.11 Å². The SMILES string of the molecule is COC(=O)N[C@@](C=O)(C(C)C)N1CCCC1c1nc2c(ccc3cc4c(cc32)OCc2cc(B3OC(C)(C)C(C)(C)O3)ccc2-4)[nH]1. The summed E-state index contributed by atoms with van der Waals surface area (Å²) < 4.78 is 23.8. The number of aromatic nitrogens is 2. The fourth-order valence-corrected chi connectivity index (χ4v) is 7.10. The van der Waals surface area contributed by atoms with Gasteiger partial charge in [0, 0.05) is 17.5 Å². The lowest BCUT2D eigenvalue weighted by Crippen LogP contribution is -2.64. The lowest BCUT2D eigenvalue weighted by Gasteiger charge is -2.43. The Morgan fingerprint density at radius 3 is 2.59 bits per heavy atom. The van der Waals surface area contributed by atoms with E-state index in [-0.39, 0.29) is 12.0 Å². The van der Waals surface area contributed by atoms with Crippen LogP contribution in [0.1, 0.15) is 71.8 Å². The number of benzene rings is 3. The Hall–Kier alpha value is -3.93. The molecule has 10 nitrogen and oxygen atoms in total. The average Bonchev–Trinajstić information content (AvgIpc) is 3.74. The first kappa shape index (κ1) is 30.7. The number of rotatable bonds is 6. The number of hydrogen-bond donors (Lipinski definition) is 2. The van der Waals surface area contributed by atoms with Crippen LogP contribution in [-0.2, 0) is 25.4 Å². The minimum atomic E-state index is -1.22. The summed E-state index contributed by atoms with van der Waals surface area (Å²) in [6.07, 6.45) is 1.85. The second-order valence-electron chi connectivity index (χ2n) is 14.0. The quantitative estimate of drug-likeness (QED) is 0.210. The molecule has 46 heavy (non-hydrogen) atoms. The van der Waals surface area contributed by atoms with Gasteiger partial charge in [-0.1, -0.05) is 38.1 Å². The highest BCUT2D eigenvalue weighted by Gasteiger charge is 2.52. The summed E-state index contributed by atoms with van der Waals surface area (Å²) in [7, 11) is 0.872. The maximum absolute atomic E-state index is 12.6. The third kappa shape index (κ3) is 4.70. The molecule has 1 aromatic heterocycles. The number of nitrogens with zero attached hydrogens (tertiary/aromatic N) is 2. The Bertz CT molecular complexity index is 1850. The van der Waals surface area contributed by atoms with Crippen LogP contribution in [-0.4, -0.2) is 64.9 Å². The van der Waals surface area contributed by atoms with E-state index in [4.69, 9.17) is 23.8 Å². The first-order valence-corrected chi connectivity index (χ1v) is 16.0. The van der Waals surface area contributed by atoms with Crippen LogP contribution in [0.4, 0.5) is 4.79 Å². The van der Waals surface area contributed by atoms with Crippen LogP contribution < -0.4 is 15.5 Å². The summed E-state index contributed by atoms with van der Waals surface area (Å²) in [5, 5.41) is 4.86. The highest BCUT2D eigenvalue weighted by molar-refractivity contribution is 6.62. The molecule has 0 spiro atoms. The predicted octanol–water partition coefficient (Wildman–Crippen LogP) is 5.62. The lowest BCUT2D eigenvalue weighted by atomic mass is 9.77. The molecule has 2 atom stereocenters. The Morgan fingerprint density at radius 2 is 1.89 bits per heavy atom. The fourth-order valence-electron chi connectivity index (χ4n) is 7.10. The molecule has 0 bridgehead atoms. The van der Waals surface area contributed by atoms with Crippen molar-refractivity contribution in [3.63, 3.8) is 0 Å². The summed E-state index contributed by atoms with van der Waals surface area (Å²) >= 11 is 0. The van der Waals surface area contributed by atoms with E-state index < -0.39 is 30.1 Å². The topological polar surface area (TPSA) is 115 Å². The van der Waals surface area contributed by atoms with Gasteiger partial charge in [-0.15, -0.1) is 0 Å². The molecule has 11 heteroatoms. The summed E-state index contributed by atoms with van der Waals surface area (Å²) in [6, 6.07) is 14.6. The number of hydrogen-bond acceptors (Lipinski definition) is 8. The number of aldehydes is 1. The van der Waals surface area contributed by atoms with Crippen molar-refractivity contribution in [2.45, 2.75) is 83.9 Å². The second-order valence-corrected chi connectivity index (χ2v) is 14.0. The molecule has 2 fully saturated rings. The Balaban J connectivity index is 1.23. The standard InChI is InChI=1S/C35H41BN4O6/c1-20(2)35(19-41,39-32(42)43-7)40-14-8-9-28(40)31-37-27-13-10-21-16-26-24-12-11-23(36-45-33(3,4)34(5,6)46-36)15-22(24)18-44-29(26)17-25(21)30(27)38-31/h10-13,15-17,19-20,28H,8-9,14,18H2,1-7H3,(H,37,38)(H,39,42)/t28?,35-/m1/s1. The molecule has 0 saturated carbocycles. The monoisotopic (exact) mass is 624 g/mol. The van der Waals surface area contributed by atoms with Crippen molar-refractivity contribution in [3.05, 3.63) is 53.9 Å². The van der Waals surface area contributed by atoms with Crippen LogP contribution in [0.5, 0.6) is 5.75 Å². The van der Waals surface area contributed by atoms with Gasteiger partial charge in [0.15, 0.2) is 11.9 Å². The molecule has 3 aliphatic rings. The van der Waals surface area contributed by atoms with E-state index in [1.807, 2.05) is 24.8 Å². The third-order valence-electron chi connectivity index (χ3n) is 10.5. The van der Waals surface area contributed by atoms with E-state index in [0.29, 0.717) is 13.2 Å². The Labute approximate surface area is 269 Å². The van der Waals surface area contributed by atoms with Crippen molar-refractivity contribution in [2.24, 2.45) is 5.92 Å². The molecule has 1 unspecified atom stereocenters. The largest absolute Gasteiger partial charge is 0.494 e. The van der Waals surface area contributed by atoms with Crippen LogP contribution in [0.3, 0.4) is 0 Å². The molecule has 2 N–H and O–H groups in total. The number of carbonyl (C=O) groups is 2. The highest BCUT2D eigenvalue weighted by atomic mass is 16.7. The van der Waals surface area contributed by atoms with Crippen LogP contribution >= 0.6 is 0 Å². The van der Waals surface area contributed by atoms with Crippen molar-refractivity contribution < 1.29 is 28.4 Å². The van der Waals surface area contributed by atoms with Crippen LogP contribution in [0.25, 0.3) is 32.9 Å². The third-order valence-corrected chi connectivity index (χ3v) is 10.5. The first-order chi connectivity index (χ1) is 21.9. The average molecular weight is 625 g/mol. The van der Waals surface area contributed by atoms with Crippen LogP contribution in [0, 0.1) is 5.92 Å². The summed E-state index contributed by atoms with van der Waals surface area (Å²) in [4.78, 5) is 35.6. The minimum Gasteiger partial charge on any atom is -0.488 e. The van der Waals surface area contributed by atoms with Crippen molar-refractivity contribution in [3.8, 4) is 16.9 Å². The van der Waals surface area contributed by atoms with Gasteiger partial charge in [0.05, 0.1) is 35.4 Å². The number of aromatic amines is 1. The molecule has 2 saturated heterocycles. The van der Waals surface area contributed by atoms with Crippen molar-refractivity contribution >= 4 is 46.8 Å². The van der Waals surface area contributed by atoms with Gasteiger partial charge >= 0.3 is 13.2 Å². The summed E-state index contributed by atoms with van der Waals surface area (Å²) in [5.41, 5.74) is 3.94. The zero-order valence-corrected chi connectivity index (χ0v) is 27.5. The number of carbonyl (C=O) groups excluding carboxylic acids is 2. The van der Waals surface area contributed by atoms with E-state index >= 15 is 0 Å². The van der Waals surface area contributed by atoms with E-state index in [2.05, 4.69) is 74.4 Å². The molecule has 4 aromatic rings. The van der Waals surface area contributed by atoms with Gasteiger partial charge in [0.1, 0.15) is 18.2 Å². The highest BCUT2D eigenvalue weighted by Crippen LogP contribution is 2.43. The number of likely N-dealkylation sites (tertiary alicyclic amines) is 1. The smallest absolute Gasteiger partial charge is 0.488 e. The summed E-state index contributed by atoms with van der Waals surface area (Å²) in [6.45, 7) is 13.2. The minimum absolute atomic E-state index is 0.189. The first-order valence-electron chi connectivity index (χ1n) is 16.0. The lowest BCUT2D eigenvalue weighted by molar-refractivity contribution is -0.125. The van der Waals surface area contributed by atoms with E-state index in [0.717, 1.165) is 74.7 Å². The molecule has 1 amide bonds. The number of alkyl carbamates (subject to hydrolysis) is 1. The van der Waals surface area contributed by atoms with Crippen molar-refractivity contribution in [1.29, 1.82) is 0 Å². The number of methoxy groups -OCH3 is 1. The zero-order valence-electron chi connectivity index (χ0n) is 27.5. The van der Waals surface area contributed by atoms with Gasteiger partial charge in [0.2, 0.25) is 0 Å². The molecule has 0 aliphatic carbocycles. The number of amides is 1. The molecule has 4 heterocycles. The van der Waals surface area contributed by atoms with Gasteiger partial charge in [-0.2, -0.15) is 0 Å². The Morgan fingerprint density at radius 1 is 1.13 bits per heavy atom. The van der Waals surface area contributed by atoms with Crippen molar-refractivity contribution in [1.82, 2.24) is 20.2 Å². The van der Waals surface area contributed by atoms with Crippen LogP contribution in [0.2, 0.25) is 0 Å². The number of ether oxygens (including phenoxy) is 2. The van der Waals surface area contributed by atoms with Crippen molar-refractivity contribution in [2.75, 3.05) is 13.7 Å². The predicted molar refractivity (Wildman–Crippen MR) is 177 cm³/mol. The van der Waals surface area contributed by atoms with Gasteiger partial charge in [-0.25, -0.2) is 9.78 Å². The normalized spacial score (nSPS) is 21.6. The number of H-pyrrole nitrogens is 1. The Kier molecular flexibility index (Phi) is 7.23. The molecule has 0 radical (unpaired) electrons. The van der Waals surface area contributed by atoms with Gasteiger partial charge < -0.3 is 23.8 Å². The van der Waals surface area contributed by atoms with Gasteiger partial charge in [-0.05, 0) is 86.6 Å². The zero-order chi connectivity index (χ0) is 32.6. The van der Waals surface area contributed by atoms with E-state index in [1.54, 1.807) is 0 Å². The molecule has 3 aliphatic heterocycles. The summed E-state index contributed by atoms with van der Waals surface area (Å²) in [5.74, 6) is 1.37. The van der Waals surface area contributed by atoms with Gasteiger partial charge in [0.25, 0.3) is 0 Å². The second kappa shape index (κ2) is 10.8. The number of imidazole rings is 1. The molecule has 240 valence electrons. The molecular formula is C35H41BN4O6. The number of nitrogens with one attached hydrogen (secondary N) is 2. The van der Waals surface area contributed by atoms with Crippen LogP contribution in [0.15, 0.2) is 42.5 Å². The maximum atomic E-state index is 12.6. The fraction of sp³-hybridized carbons (Fsp3) is 0.457. The molecular weight excluding hydrogens is 583 g/mol. The molecule has 7 rings (SSSR count). The van der Waals surface area contributed by atoms with Gasteiger partial charge in [-0.3, -0.25) is 15.0 Å². The molecule has 3 aromatic carbocycles. The van der Waals surface area contributed by atoms with E-state index in [9.17, 15) is 9.59 Å². The number of fused-ring (bicyclic) bond motifs is 6. The maximum Gasteiger partial charge on any atom is 0.494 e.